The van der Waals surface area contributed by atoms with Crippen LogP contribution in [0.4, 0.5) is 5.69 Å². The number of esters is 1. The predicted molar refractivity (Wildman–Crippen MR) is 65.7 cm³/mol. The van der Waals surface area contributed by atoms with Crippen LogP contribution in [0.25, 0.3) is 0 Å². The van der Waals surface area contributed by atoms with Crippen LogP contribution in [-0.2, 0) is 16.1 Å². The minimum Gasteiger partial charge on any atom is -0.457 e. The van der Waals surface area contributed by atoms with Crippen LogP contribution in [0.5, 0.6) is 0 Å². The standard InChI is InChI=1S/C12H11NO2S/c1-9(2)12(14)15-7-10-3-5-11(6-4-10)13-8-16/h3-6H,1,7H2,2H3. The third-order valence-electron chi connectivity index (χ3n) is 1.83. The molecule has 4 heteroatoms. The van der Waals surface area contributed by atoms with Gasteiger partial charge in [0.25, 0.3) is 0 Å². The third kappa shape index (κ3) is 3.77. The second-order valence-corrected chi connectivity index (χ2v) is 3.41. The van der Waals surface area contributed by atoms with Crippen molar-refractivity contribution in [2.24, 2.45) is 4.99 Å². The monoisotopic (exact) mass is 233 g/mol. The van der Waals surface area contributed by atoms with Gasteiger partial charge < -0.3 is 4.74 Å². The SMILES string of the molecule is C=C(C)C(=O)OCc1ccc(N=C=S)cc1. The van der Waals surface area contributed by atoms with E-state index >= 15 is 0 Å². The Kier molecular flexibility index (Phi) is 4.58. The van der Waals surface area contributed by atoms with E-state index in [-0.39, 0.29) is 12.6 Å². The number of hydrogen-bond donors (Lipinski definition) is 0. The second-order valence-electron chi connectivity index (χ2n) is 3.23. The van der Waals surface area contributed by atoms with Crippen molar-refractivity contribution < 1.29 is 9.53 Å². The number of carbonyl (C=O) groups excluding carboxylic acids is 1. The fraction of sp³-hybridized carbons (Fsp3) is 0.167. The molecule has 16 heavy (non-hydrogen) atoms. The van der Waals surface area contributed by atoms with Gasteiger partial charge in [-0.25, -0.2) is 4.79 Å². The molecule has 0 fully saturated rings. The highest BCUT2D eigenvalue weighted by atomic mass is 32.1. The number of isothiocyanates is 1. The molecule has 0 saturated carbocycles. The molecule has 3 nitrogen and oxygen atoms in total. The molecule has 0 N–H and O–H groups in total. The first-order valence-corrected chi connectivity index (χ1v) is 5.03. The zero-order valence-corrected chi connectivity index (χ0v) is 9.71. The summed E-state index contributed by atoms with van der Waals surface area (Å²) in [4.78, 5) is 14.9. The quantitative estimate of drug-likeness (QED) is 0.347. The van der Waals surface area contributed by atoms with Crippen molar-refractivity contribution in [2.75, 3.05) is 0 Å². The average Bonchev–Trinajstić information content (AvgIpc) is 2.28. The Morgan fingerprint density at radius 3 is 2.62 bits per heavy atom. The van der Waals surface area contributed by atoms with Gasteiger partial charge in [-0.05, 0) is 36.8 Å². The van der Waals surface area contributed by atoms with Crippen LogP contribution in [0.2, 0.25) is 0 Å². The lowest BCUT2D eigenvalue weighted by Crippen LogP contribution is -2.04. The molecular weight excluding hydrogens is 222 g/mol. The van der Waals surface area contributed by atoms with E-state index in [4.69, 9.17) is 4.74 Å². The van der Waals surface area contributed by atoms with Gasteiger partial charge in [-0.1, -0.05) is 18.7 Å². The van der Waals surface area contributed by atoms with E-state index in [0.29, 0.717) is 5.57 Å². The number of benzene rings is 1. The molecule has 0 saturated heterocycles. The highest BCUT2D eigenvalue weighted by molar-refractivity contribution is 7.78. The van der Waals surface area contributed by atoms with Crippen molar-refractivity contribution in [3.8, 4) is 0 Å². The number of thiocarbonyl (C=S) groups is 1. The van der Waals surface area contributed by atoms with Gasteiger partial charge in [0.05, 0.1) is 10.8 Å². The van der Waals surface area contributed by atoms with Gasteiger partial charge in [0.2, 0.25) is 0 Å². The summed E-state index contributed by atoms with van der Waals surface area (Å²) in [7, 11) is 0. The van der Waals surface area contributed by atoms with Gasteiger partial charge in [-0.2, -0.15) is 4.99 Å². The van der Waals surface area contributed by atoms with Gasteiger partial charge in [0.15, 0.2) is 0 Å². The Bertz CT molecular complexity index is 445. The fourth-order valence-electron chi connectivity index (χ4n) is 0.991. The minimum atomic E-state index is -0.388. The third-order valence-corrected chi connectivity index (χ3v) is 1.92. The smallest absolute Gasteiger partial charge is 0.333 e. The Morgan fingerprint density at radius 1 is 1.50 bits per heavy atom. The molecule has 0 aromatic heterocycles. The van der Waals surface area contributed by atoms with E-state index in [9.17, 15) is 4.79 Å². The maximum atomic E-state index is 11.1. The van der Waals surface area contributed by atoms with E-state index in [0.717, 1.165) is 11.3 Å². The first kappa shape index (κ1) is 12.3. The second kappa shape index (κ2) is 5.95. The first-order valence-electron chi connectivity index (χ1n) is 4.63. The molecule has 82 valence electrons. The number of hydrogen-bond acceptors (Lipinski definition) is 4. The summed E-state index contributed by atoms with van der Waals surface area (Å²) in [5.41, 5.74) is 2.00. The Labute approximate surface area is 99.5 Å². The predicted octanol–water partition coefficient (Wildman–Crippen LogP) is 3.04. The molecule has 0 unspecified atom stereocenters. The molecule has 0 radical (unpaired) electrons. The van der Waals surface area contributed by atoms with Crippen molar-refractivity contribution in [2.45, 2.75) is 13.5 Å². The van der Waals surface area contributed by atoms with Crippen LogP contribution in [0.15, 0.2) is 41.4 Å². The number of carbonyl (C=O) groups is 1. The minimum absolute atomic E-state index is 0.229. The van der Waals surface area contributed by atoms with Gasteiger partial charge in [-0.3, -0.25) is 0 Å². The molecule has 0 atom stereocenters. The summed E-state index contributed by atoms with van der Waals surface area (Å²) in [6.45, 7) is 5.34. The number of rotatable bonds is 4. The Hall–Kier alpha value is -1.77. The summed E-state index contributed by atoms with van der Waals surface area (Å²) in [5.74, 6) is -0.388. The zero-order chi connectivity index (χ0) is 12.0. The molecule has 0 heterocycles. The van der Waals surface area contributed by atoms with Crippen molar-refractivity contribution in [3.05, 3.63) is 42.0 Å². The summed E-state index contributed by atoms with van der Waals surface area (Å²) in [6, 6.07) is 7.20. The van der Waals surface area contributed by atoms with Gasteiger partial charge in [0, 0.05) is 5.57 Å². The number of ether oxygens (including phenoxy) is 1. The normalized spacial score (nSPS) is 9.06. The molecule has 0 aliphatic carbocycles. The van der Waals surface area contributed by atoms with E-state index in [1.807, 2.05) is 12.1 Å². The van der Waals surface area contributed by atoms with E-state index in [1.165, 1.54) is 0 Å². The Balaban J connectivity index is 2.59. The van der Waals surface area contributed by atoms with E-state index in [2.05, 4.69) is 29.0 Å². The molecule has 0 bridgehead atoms. The molecule has 0 aliphatic rings. The van der Waals surface area contributed by atoms with E-state index < -0.39 is 0 Å². The first-order chi connectivity index (χ1) is 7.63. The van der Waals surface area contributed by atoms with Crippen LogP contribution < -0.4 is 0 Å². The summed E-state index contributed by atoms with van der Waals surface area (Å²) >= 11 is 4.49. The van der Waals surface area contributed by atoms with E-state index in [1.54, 1.807) is 19.1 Å². The van der Waals surface area contributed by atoms with Crippen molar-refractivity contribution in [3.63, 3.8) is 0 Å². The number of nitrogens with zero attached hydrogens (tertiary/aromatic N) is 1. The van der Waals surface area contributed by atoms with Crippen LogP contribution in [0.1, 0.15) is 12.5 Å². The lowest BCUT2D eigenvalue weighted by atomic mass is 10.2. The summed E-state index contributed by atoms with van der Waals surface area (Å²) in [5, 5.41) is 2.28. The highest BCUT2D eigenvalue weighted by Crippen LogP contribution is 2.13. The maximum Gasteiger partial charge on any atom is 0.333 e. The van der Waals surface area contributed by atoms with Crippen LogP contribution >= 0.6 is 12.2 Å². The van der Waals surface area contributed by atoms with Crippen LogP contribution in [0, 0.1) is 0 Å². The Morgan fingerprint density at radius 2 is 2.12 bits per heavy atom. The summed E-state index contributed by atoms with van der Waals surface area (Å²) < 4.78 is 4.98. The summed E-state index contributed by atoms with van der Waals surface area (Å²) in [6.07, 6.45) is 0. The maximum absolute atomic E-state index is 11.1. The lowest BCUT2D eigenvalue weighted by Gasteiger charge is -2.04. The molecule has 0 amide bonds. The van der Waals surface area contributed by atoms with Crippen molar-refractivity contribution in [1.82, 2.24) is 0 Å². The van der Waals surface area contributed by atoms with Crippen LogP contribution in [-0.4, -0.2) is 11.1 Å². The molecule has 0 aliphatic heterocycles. The average molecular weight is 233 g/mol. The fourth-order valence-corrected chi connectivity index (χ4v) is 1.10. The van der Waals surface area contributed by atoms with Gasteiger partial charge in [-0.15, -0.1) is 0 Å². The van der Waals surface area contributed by atoms with Crippen molar-refractivity contribution in [1.29, 1.82) is 0 Å². The molecule has 1 aromatic carbocycles. The van der Waals surface area contributed by atoms with Crippen LogP contribution in [0.3, 0.4) is 0 Å². The largest absolute Gasteiger partial charge is 0.457 e. The molecule has 1 aromatic rings. The zero-order valence-electron chi connectivity index (χ0n) is 8.90. The van der Waals surface area contributed by atoms with Gasteiger partial charge >= 0.3 is 5.97 Å². The van der Waals surface area contributed by atoms with Crippen molar-refractivity contribution >= 4 is 29.0 Å². The number of aliphatic imine (C=N–C) groups is 1. The molecule has 1 rings (SSSR count). The topological polar surface area (TPSA) is 38.7 Å². The lowest BCUT2D eigenvalue weighted by molar-refractivity contribution is -0.140. The highest BCUT2D eigenvalue weighted by Gasteiger charge is 2.03. The molecule has 0 spiro atoms. The van der Waals surface area contributed by atoms with Gasteiger partial charge in [0.1, 0.15) is 6.61 Å². The molecular formula is C12H11NO2S.